The number of nitrogens with one attached hydrogen (secondary N) is 1. The van der Waals surface area contributed by atoms with Gasteiger partial charge in [0, 0.05) is 13.2 Å². The summed E-state index contributed by atoms with van der Waals surface area (Å²) in [5, 5.41) is 24.9. The number of aliphatic hydroxyl groups is 2. The monoisotopic (exact) mass is 287 g/mol. The predicted molar refractivity (Wildman–Crippen MR) is 87.3 cm³/mol. The van der Waals surface area contributed by atoms with E-state index in [1.54, 1.807) is 0 Å². The average molecular weight is 287 g/mol. The lowest BCUT2D eigenvalue weighted by Gasteiger charge is -2.17. The molecule has 2 aromatic carbocycles. The van der Waals surface area contributed by atoms with E-state index in [4.69, 9.17) is 5.11 Å². The smallest absolute Gasteiger partial charge is 0.0914 e. The molecule has 2 atom stereocenters. The fraction of sp³-hybridized carbons (Fsp3) is 0.444. The van der Waals surface area contributed by atoms with Gasteiger partial charge in [-0.25, -0.2) is 0 Å². The molecule has 0 saturated carbocycles. The quantitative estimate of drug-likeness (QED) is 0.700. The third-order valence-electron chi connectivity index (χ3n) is 4.04. The molecule has 0 heterocycles. The fourth-order valence-electron chi connectivity index (χ4n) is 2.59. The van der Waals surface area contributed by atoms with Crippen LogP contribution in [0.15, 0.2) is 42.5 Å². The molecule has 21 heavy (non-hydrogen) atoms. The number of aliphatic hydroxyl groups excluding tert-OH is 2. The van der Waals surface area contributed by atoms with Gasteiger partial charge in [-0.1, -0.05) is 49.7 Å². The van der Waals surface area contributed by atoms with E-state index in [1.165, 1.54) is 5.39 Å². The minimum atomic E-state index is -0.499. The number of fused-ring (bicyclic) bond motifs is 1. The predicted octanol–water partition coefficient (Wildman–Crippen LogP) is 2.87. The van der Waals surface area contributed by atoms with Crippen LogP contribution in [0.4, 0.5) is 0 Å². The molecular formula is C18H25NO2. The lowest BCUT2D eigenvalue weighted by atomic mass is 10.0. The van der Waals surface area contributed by atoms with Crippen LogP contribution in [0.5, 0.6) is 0 Å². The van der Waals surface area contributed by atoms with E-state index < -0.39 is 6.10 Å². The maximum atomic E-state index is 10.3. The standard InChI is InChI=1S/C18H25NO2/c1-2-14(9-10-20)12-19-13-18(21)17-8-7-15-5-3-4-6-16(15)11-17/h3-8,11,14,18-21H,2,9-10,12-13H2,1H3. The molecule has 2 unspecified atom stereocenters. The van der Waals surface area contributed by atoms with Crippen LogP contribution in [-0.2, 0) is 0 Å². The van der Waals surface area contributed by atoms with Crippen molar-refractivity contribution >= 4 is 10.8 Å². The Kier molecular flexibility index (Phi) is 6.18. The third kappa shape index (κ3) is 4.53. The molecule has 0 aliphatic carbocycles. The number of benzene rings is 2. The fourth-order valence-corrected chi connectivity index (χ4v) is 2.59. The summed E-state index contributed by atoms with van der Waals surface area (Å²) in [5.74, 6) is 0.471. The Morgan fingerprint density at radius 3 is 2.52 bits per heavy atom. The highest BCUT2D eigenvalue weighted by Gasteiger charge is 2.10. The van der Waals surface area contributed by atoms with E-state index in [-0.39, 0.29) is 6.61 Å². The molecule has 114 valence electrons. The van der Waals surface area contributed by atoms with Gasteiger partial charge in [0.05, 0.1) is 6.10 Å². The highest BCUT2D eigenvalue weighted by atomic mass is 16.3. The van der Waals surface area contributed by atoms with E-state index >= 15 is 0 Å². The van der Waals surface area contributed by atoms with Crippen molar-refractivity contribution in [3.8, 4) is 0 Å². The van der Waals surface area contributed by atoms with Crippen LogP contribution in [0.25, 0.3) is 10.8 Å². The third-order valence-corrected chi connectivity index (χ3v) is 4.04. The van der Waals surface area contributed by atoms with Crippen LogP contribution in [0.2, 0.25) is 0 Å². The second-order valence-corrected chi connectivity index (χ2v) is 5.57. The highest BCUT2D eigenvalue weighted by Crippen LogP contribution is 2.20. The maximum absolute atomic E-state index is 10.3. The summed E-state index contributed by atoms with van der Waals surface area (Å²) in [4.78, 5) is 0. The zero-order chi connectivity index (χ0) is 15.1. The summed E-state index contributed by atoms with van der Waals surface area (Å²) in [7, 11) is 0. The van der Waals surface area contributed by atoms with Crippen molar-refractivity contribution in [1.29, 1.82) is 0 Å². The molecule has 0 amide bonds. The molecule has 0 aliphatic heterocycles. The first-order chi connectivity index (χ1) is 10.2. The Morgan fingerprint density at radius 2 is 1.81 bits per heavy atom. The Morgan fingerprint density at radius 1 is 1.05 bits per heavy atom. The minimum Gasteiger partial charge on any atom is -0.396 e. The molecule has 3 N–H and O–H groups in total. The maximum Gasteiger partial charge on any atom is 0.0914 e. The molecule has 0 saturated heterocycles. The molecule has 3 nitrogen and oxygen atoms in total. The van der Waals surface area contributed by atoms with Crippen molar-refractivity contribution in [3.05, 3.63) is 48.0 Å². The summed E-state index contributed by atoms with van der Waals surface area (Å²) < 4.78 is 0. The molecule has 0 aliphatic rings. The molecule has 0 bridgehead atoms. The first-order valence-corrected chi connectivity index (χ1v) is 7.73. The van der Waals surface area contributed by atoms with Gasteiger partial charge in [0.15, 0.2) is 0 Å². The van der Waals surface area contributed by atoms with Crippen LogP contribution in [0.3, 0.4) is 0 Å². The SMILES string of the molecule is CCC(CCO)CNCC(O)c1ccc2ccccc2c1. The number of rotatable bonds is 8. The second-order valence-electron chi connectivity index (χ2n) is 5.57. The van der Waals surface area contributed by atoms with Crippen molar-refractivity contribution in [2.24, 2.45) is 5.92 Å². The Labute approximate surface area is 126 Å². The lowest BCUT2D eigenvalue weighted by molar-refractivity contribution is 0.170. The molecular weight excluding hydrogens is 262 g/mol. The van der Waals surface area contributed by atoms with Gasteiger partial charge in [-0.05, 0) is 41.3 Å². The van der Waals surface area contributed by atoms with Gasteiger partial charge in [-0.3, -0.25) is 0 Å². The first kappa shape index (κ1) is 16.0. The van der Waals surface area contributed by atoms with Gasteiger partial charge in [0.1, 0.15) is 0 Å². The van der Waals surface area contributed by atoms with E-state index in [0.717, 1.165) is 30.3 Å². The van der Waals surface area contributed by atoms with Crippen LogP contribution in [0, 0.1) is 5.92 Å². The topological polar surface area (TPSA) is 52.5 Å². The summed E-state index contributed by atoms with van der Waals surface area (Å²) in [5.41, 5.74) is 0.941. The zero-order valence-electron chi connectivity index (χ0n) is 12.6. The van der Waals surface area contributed by atoms with E-state index in [9.17, 15) is 5.11 Å². The van der Waals surface area contributed by atoms with Crippen LogP contribution < -0.4 is 5.32 Å². The second kappa shape index (κ2) is 8.13. The van der Waals surface area contributed by atoms with Gasteiger partial charge in [-0.2, -0.15) is 0 Å². The van der Waals surface area contributed by atoms with Crippen molar-refractivity contribution in [3.63, 3.8) is 0 Å². The zero-order valence-corrected chi connectivity index (χ0v) is 12.6. The molecule has 0 aromatic heterocycles. The Hall–Kier alpha value is -1.42. The number of hydrogen-bond acceptors (Lipinski definition) is 3. The van der Waals surface area contributed by atoms with E-state index in [1.807, 2.05) is 24.3 Å². The summed E-state index contributed by atoms with van der Waals surface area (Å²) in [6.07, 6.45) is 1.36. The summed E-state index contributed by atoms with van der Waals surface area (Å²) in [6, 6.07) is 14.3. The van der Waals surface area contributed by atoms with Crippen molar-refractivity contribution < 1.29 is 10.2 Å². The minimum absolute atomic E-state index is 0.230. The molecule has 3 heteroatoms. The molecule has 2 aromatic rings. The van der Waals surface area contributed by atoms with Gasteiger partial charge >= 0.3 is 0 Å². The molecule has 0 fully saturated rings. The van der Waals surface area contributed by atoms with E-state index in [0.29, 0.717) is 12.5 Å². The summed E-state index contributed by atoms with van der Waals surface area (Å²) >= 11 is 0. The van der Waals surface area contributed by atoms with Crippen molar-refractivity contribution in [1.82, 2.24) is 5.32 Å². The van der Waals surface area contributed by atoms with Crippen molar-refractivity contribution in [2.45, 2.75) is 25.9 Å². The largest absolute Gasteiger partial charge is 0.396 e. The normalized spacial score (nSPS) is 14.2. The molecule has 2 rings (SSSR count). The summed E-state index contributed by atoms with van der Waals surface area (Å²) in [6.45, 7) is 3.73. The van der Waals surface area contributed by atoms with Gasteiger partial charge < -0.3 is 15.5 Å². The average Bonchev–Trinajstić information content (AvgIpc) is 2.53. The van der Waals surface area contributed by atoms with Gasteiger partial charge in [0.25, 0.3) is 0 Å². The molecule has 0 radical (unpaired) electrons. The van der Waals surface area contributed by atoms with Crippen LogP contribution in [0.1, 0.15) is 31.4 Å². The Balaban J connectivity index is 1.91. The lowest BCUT2D eigenvalue weighted by Crippen LogP contribution is -2.27. The Bertz CT molecular complexity index is 556. The highest BCUT2D eigenvalue weighted by molar-refractivity contribution is 5.83. The molecule has 0 spiro atoms. The van der Waals surface area contributed by atoms with E-state index in [2.05, 4.69) is 30.4 Å². The first-order valence-electron chi connectivity index (χ1n) is 7.73. The van der Waals surface area contributed by atoms with Crippen LogP contribution in [-0.4, -0.2) is 29.9 Å². The van der Waals surface area contributed by atoms with Gasteiger partial charge in [0.2, 0.25) is 0 Å². The van der Waals surface area contributed by atoms with Crippen molar-refractivity contribution in [2.75, 3.05) is 19.7 Å². The van der Waals surface area contributed by atoms with Gasteiger partial charge in [-0.15, -0.1) is 0 Å². The van der Waals surface area contributed by atoms with Crippen LogP contribution >= 0.6 is 0 Å². The number of hydrogen-bond donors (Lipinski definition) is 3.